The summed E-state index contributed by atoms with van der Waals surface area (Å²) in [6.07, 6.45) is 2.00. The highest BCUT2D eigenvalue weighted by molar-refractivity contribution is 5.75. The van der Waals surface area contributed by atoms with Crippen molar-refractivity contribution in [2.75, 3.05) is 34.3 Å². The number of hydrogen-bond donors (Lipinski definition) is 1. The van der Waals surface area contributed by atoms with E-state index in [1.54, 1.807) is 7.11 Å². The molecule has 1 aliphatic heterocycles. The van der Waals surface area contributed by atoms with Crippen molar-refractivity contribution < 1.29 is 14.6 Å². The zero-order chi connectivity index (χ0) is 15.4. The molecule has 0 radical (unpaired) electrons. The minimum atomic E-state index is -0.815. The van der Waals surface area contributed by atoms with Gasteiger partial charge in [-0.2, -0.15) is 0 Å². The zero-order valence-electron chi connectivity index (χ0n) is 13.0. The number of carboxylic acids is 1. The second-order valence-corrected chi connectivity index (χ2v) is 5.72. The molecule has 1 aromatic rings. The molecule has 0 saturated carbocycles. The topological polar surface area (TPSA) is 53.0 Å². The van der Waals surface area contributed by atoms with Crippen molar-refractivity contribution in [3.8, 4) is 5.75 Å². The fourth-order valence-corrected chi connectivity index (χ4v) is 2.98. The molecule has 0 spiro atoms. The van der Waals surface area contributed by atoms with Gasteiger partial charge in [0.2, 0.25) is 0 Å². The summed E-state index contributed by atoms with van der Waals surface area (Å²) in [5.41, 5.74) is 0.767. The number of rotatable bonds is 5. The molecule has 1 atom stereocenters. The average molecular weight is 292 g/mol. The predicted octanol–water partition coefficient (Wildman–Crippen LogP) is 1.85. The van der Waals surface area contributed by atoms with Gasteiger partial charge in [-0.3, -0.25) is 9.69 Å². The molecule has 21 heavy (non-hydrogen) atoms. The van der Waals surface area contributed by atoms with E-state index >= 15 is 0 Å². The van der Waals surface area contributed by atoms with Crippen LogP contribution in [0.5, 0.6) is 5.75 Å². The molecule has 116 valence electrons. The monoisotopic (exact) mass is 292 g/mol. The van der Waals surface area contributed by atoms with Crippen LogP contribution in [0.3, 0.4) is 0 Å². The predicted molar refractivity (Wildman–Crippen MR) is 81.7 cm³/mol. The van der Waals surface area contributed by atoms with E-state index < -0.39 is 12.0 Å². The highest BCUT2D eigenvalue weighted by Gasteiger charge is 2.31. The Morgan fingerprint density at radius 3 is 2.67 bits per heavy atom. The standard InChI is InChI=1S/C16H24N2O3/c1-17-9-7-13(8-10-17)18(2)15(16(19)20)12-5-4-6-14(11-12)21-3/h4-6,11,13,15H,7-10H2,1-3H3,(H,19,20). The maximum atomic E-state index is 11.8. The maximum Gasteiger partial charge on any atom is 0.325 e. The molecule has 0 bridgehead atoms. The molecule has 1 N–H and O–H groups in total. The lowest BCUT2D eigenvalue weighted by atomic mass is 9.98. The van der Waals surface area contributed by atoms with Crippen molar-refractivity contribution in [2.45, 2.75) is 24.9 Å². The third-order valence-electron chi connectivity index (χ3n) is 4.31. The molecule has 2 rings (SSSR count). The highest BCUT2D eigenvalue weighted by atomic mass is 16.5. The Labute approximate surface area is 126 Å². The number of piperidine rings is 1. The summed E-state index contributed by atoms with van der Waals surface area (Å²) >= 11 is 0. The van der Waals surface area contributed by atoms with Crippen LogP contribution in [-0.4, -0.2) is 61.2 Å². The Hall–Kier alpha value is -1.59. The largest absolute Gasteiger partial charge is 0.497 e. The van der Waals surface area contributed by atoms with Gasteiger partial charge in [-0.05, 0) is 57.7 Å². The molecular weight excluding hydrogens is 268 g/mol. The first kappa shape index (κ1) is 15.8. The lowest BCUT2D eigenvalue weighted by molar-refractivity contribution is -0.144. The molecule has 1 fully saturated rings. The summed E-state index contributed by atoms with van der Waals surface area (Å²) in [7, 11) is 5.61. The summed E-state index contributed by atoms with van der Waals surface area (Å²) in [6, 6.07) is 7.00. The number of likely N-dealkylation sites (tertiary alicyclic amines) is 1. The fraction of sp³-hybridized carbons (Fsp3) is 0.562. The lowest BCUT2D eigenvalue weighted by Crippen LogP contribution is -2.45. The van der Waals surface area contributed by atoms with E-state index in [0.717, 1.165) is 31.5 Å². The molecule has 1 heterocycles. The Balaban J connectivity index is 2.19. The molecule has 0 amide bonds. The van der Waals surface area contributed by atoms with Crippen LogP contribution in [0, 0.1) is 0 Å². The molecule has 1 aromatic carbocycles. The summed E-state index contributed by atoms with van der Waals surface area (Å²) in [4.78, 5) is 16.0. The lowest BCUT2D eigenvalue weighted by Gasteiger charge is -2.38. The quantitative estimate of drug-likeness (QED) is 0.897. The van der Waals surface area contributed by atoms with Gasteiger partial charge >= 0.3 is 5.97 Å². The number of carboxylic acid groups (broad SMARTS) is 1. The second-order valence-electron chi connectivity index (χ2n) is 5.72. The van der Waals surface area contributed by atoms with E-state index in [9.17, 15) is 9.90 Å². The molecular formula is C16H24N2O3. The Kier molecular flexibility index (Phi) is 5.20. The number of methoxy groups -OCH3 is 1. The van der Waals surface area contributed by atoms with Crippen molar-refractivity contribution >= 4 is 5.97 Å². The van der Waals surface area contributed by atoms with Crippen LogP contribution < -0.4 is 4.74 Å². The van der Waals surface area contributed by atoms with Crippen LogP contribution in [0.1, 0.15) is 24.4 Å². The van der Waals surface area contributed by atoms with Crippen LogP contribution in [0.4, 0.5) is 0 Å². The molecule has 0 aliphatic carbocycles. The van der Waals surface area contributed by atoms with Crippen LogP contribution >= 0.6 is 0 Å². The number of benzene rings is 1. The van der Waals surface area contributed by atoms with E-state index in [1.165, 1.54) is 0 Å². The fourth-order valence-electron chi connectivity index (χ4n) is 2.98. The van der Waals surface area contributed by atoms with Gasteiger partial charge in [0.1, 0.15) is 11.8 Å². The number of ether oxygens (including phenoxy) is 1. The smallest absolute Gasteiger partial charge is 0.325 e. The summed E-state index contributed by atoms with van der Waals surface area (Å²) in [5.74, 6) is -0.125. The van der Waals surface area contributed by atoms with Crippen LogP contribution in [-0.2, 0) is 4.79 Å². The van der Waals surface area contributed by atoms with Gasteiger partial charge in [-0.25, -0.2) is 0 Å². The first-order valence-corrected chi connectivity index (χ1v) is 7.30. The summed E-state index contributed by atoms with van der Waals surface area (Å²) in [5, 5.41) is 9.65. The van der Waals surface area contributed by atoms with Crippen LogP contribution in [0.15, 0.2) is 24.3 Å². The molecule has 0 aromatic heterocycles. The van der Waals surface area contributed by atoms with Gasteiger partial charge in [-0.1, -0.05) is 12.1 Å². The number of carbonyl (C=O) groups is 1. The Bertz CT molecular complexity index is 484. The van der Waals surface area contributed by atoms with Crippen molar-refractivity contribution in [1.29, 1.82) is 0 Å². The maximum absolute atomic E-state index is 11.8. The van der Waals surface area contributed by atoms with Gasteiger partial charge in [0, 0.05) is 6.04 Å². The van der Waals surface area contributed by atoms with Crippen LogP contribution in [0.25, 0.3) is 0 Å². The molecule has 5 nitrogen and oxygen atoms in total. The minimum absolute atomic E-state index is 0.300. The average Bonchev–Trinajstić information content (AvgIpc) is 2.48. The van der Waals surface area contributed by atoms with Crippen molar-refractivity contribution in [1.82, 2.24) is 9.80 Å². The Morgan fingerprint density at radius 2 is 2.10 bits per heavy atom. The van der Waals surface area contributed by atoms with E-state index in [0.29, 0.717) is 11.8 Å². The second kappa shape index (κ2) is 6.91. The van der Waals surface area contributed by atoms with Gasteiger partial charge < -0.3 is 14.7 Å². The third kappa shape index (κ3) is 3.74. The number of aliphatic carboxylic acids is 1. The van der Waals surface area contributed by atoms with E-state index in [4.69, 9.17) is 4.74 Å². The molecule has 5 heteroatoms. The third-order valence-corrected chi connectivity index (χ3v) is 4.31. The van der Waals surface area contributed by atoms with Gasteiger partial charge in [0.05, 0.1) is 7.11 Å². The number of hydrogen-bond acceptors (Lipinski definition) is 4. The molecule has 1 unspecified atom stereocenters. The van der Waals surface area contributed by atoms with E-state index in [2.05, 4.69) is 11.9 Å². The highest BCUT2D eigenvalue weighted by Crippen LogP contribution is 2.28. The molecule has 1 aliphatic rings. The van der Waals surface area contributed by atoms with Gasteiger partial charge in [0.25, 0.3) is 0 Å². The summed E-state index contributed by atoms with van der Waals surface area (Å²) < 4.78 is 5.21. The van der Waals surface area contributed by atoms with Crippen molar-refractivity contribution in [2.24, 2.45) is 0 Å². The first-order chi connectivity index (χ1) is 10.0. The zero-order valence-corrected chi connectivity index (χ0v) is 13.0. The normalized spacial score (nSPS) is 18.7. The van der Waals surface area contributed by atoms with Crippen LogP contribution in [0.2, 0.25) is 0 Å². The minimum Gasteiger partial charge on any atom is -0.497 e. The van der Waals surface area contributed by atoms with E-state index in [1.807, 2.05) is 36.2 Å². The molecule has 1 saturated heterocycles. The first-order valence-electron chi connectivity index (χ1n) is 7.30. The van der Waals surface area contributed by atoms with Gasteiger partial charge in [0.15, 0.2) is 0 Å². The number of likely N-dealkylation sites (N-methyl/N-ethyl adjacent to an activating group) is 1. The van der Waals surface area contributed by atoms with Crippen molar-refractivity contribution in [3.05, 3.63) is 29.8 Å². The Morgan fingerprint density at radius 1 is 1.43 bits per heavy atom. The SMILES string of the molecule is COc1cccc(C(C(=O)O)N(C)C2CCN(C)CC2)c1. The summed E-state index contributed by atoms with van der Waals surface area (Å²) in [6.45, 7) is 2.03. The number of nitrogens with zero attached hydrogens (tertiary/aromatic N) is 2. The van der Waals surface area contributed by atoms with Gasteiger partial charge in [-0.15, -0.1) is 0 Å². The van der Waals surface area contributed by atoms with Crippen molar-refractivity contribution in [3.63, 3.8) is 0 Å². The van der Waals surface area contributed by atoms with E-state index in [-0.39, 0.29) is 0 Å².